The highest BCUT2D eigenvalue weighted by atomic mass is 16.5. The first kappa shape index (κ1) is 26.2. The fraction of sp³-hybridized carbons (Fsp3) is 0.357. The standard InChI is InChI=1S/C28H32N2O7/c1-3-15-37-21-8-5-19(6-9-21)26(32)24-25(20-7-10-22(31)23(18-20)35-2)30(28(34)27(24)33)12-4-11-29-13-16-36-17-14-29/h3,5-10,18,25,31-32H,1,4,11-17H2,2H3. The first-order valence-electron chi connectivity index (χ1n) is 12.3. The predicted molar refractivity (Wildman–Crippen MR) is 134 cm³/mol. The highest BCUT2D eigenvalue weighted by molar-refractivity contribution is 6.46. The maximum atomic E-state index is 13.6. The van der Waals surface area contributed by atoms with E-state index in [1.165, 1.54) is 23.0 Å². The number of nitrogens with zero attached hydrogens (tertiary/aromatic N) is 1. The van der Waals surface area contributed by atoms with Gasteiger partial charge in [0.2, 0.25) is 5.78 Å². The molecule has 0 radical (unpaired) electrons. The third-order valence-corrected chi connectivity index (χ3v) is 6.66. The lowest BCUT2D eigenvalue weighted by atomic mass is 9.95. The van der Waals surface area contributed by atoms with Crippen LogP contribution in [0.25, 0.3) is 5.76 Å². The number of hydrogen-bond acceptors (Lipinski definition) is 7. The molecule has 0 aromatic heterocycles. The zero-order chi connectivity index (χ0) is 26.4. The number of phenols is 1. The zero-order valence-corrected chi connectivity index (χ0v) is 20.9. The second-order valence-electron chi connectivity index (χ2n) is 8.99. The number of quaternary nitrogens is 1. The van der Waals surface area contributed by atoms with Crippen LogP contribution >= 0.6 is 0 Å². The Morgan fingerprint density at radius 3 is 2.62 bits per heavy atom. The molecule has 0 bridgehead atoms. The largest absolute Gasteiger partial charge is 0.872 e. The van der Waals surface area contributed by atoms with Crippen LogP contribution in [0.15, 0.2) is 60.7 Å². The van der Waals surface area contributed by atoms with Crippen LogP contribution in [0.2, 0.25) is 0 Å². The summed E-state index contributed by atoms with van der Waals surface area (Å²) in [6.07, 6.45) is 2.28. The molecule has 2 aromatic rings. The number of nitrogens with one attached hydrogen (secondary N) is 1. The summed E-state index contributed by atoms with van der Waals surface area (Å²) in [6.45, 7) is 8.27. The number of methoxy groups -OCH3 is 1. The fourth-order valence-corrected chi connectivity index (χ4v) is 4.73. The van der Waals surface area contributed by atoms with Gasteiger partial charge < -0.3 is 34.2 Å². The molecule has 0 spiro atoms. The van der Waals surface area contributed by atoms with E-state index in [-0.39, 0.29) is 22.6 Å². The minimum Gasteiger partial charge on any atom is -0.872 e. The highest BCUT2D eigenvalue weighted by Gasteiger charge is 2.44. The number of carbonyl (C=O) groups excluding carboxylic acids is 2. The smallest absolute Gasteiger partial charge is 0.295 e. The van der Waals surface area contributed by atoms with Crippen molar-refractivity contribution in [3.63, 3.8) is 0 Å². The van der Waals surface area contributed by atoms with E-state index in [0.717, 1.165) is 19.6 Å². The molecule has 1 amide bonds. The molecule has 196 valence electrons. The first-order chi connectivity index (χ1) is 17.9. The third-order valence-electron chi connectivity index (χ3n) is 6.66. The molecule has 2 aliphatic rings. The number of ether oxygens (including phenoxy) is 3. The Labute approximate surface area is 216 Å². The fourth-order valence-electron chi connectivity index (χ4n) is 4.73. The van der Waals surface area contributed by atoms with Gasteiger partial charge in [-0.25, -0.2) is 0 Å². The average Bonchev–Trinajstić information content (AvgIpc) is 3.17. The second kappa shape index (κ2) is 11.9. The van der Waals surface area contributed by atoms with Crippen molar-refractivity contribution in [3.8, 4) is 17.2 Å². The summed E-state index contributed by atoms with van der Waals surface area (Å²) in [7, 11) is 1.42. The molecule has 1 unspecified atom stereocenters. The SMILES string of the molecule is C=CCOc1ccc(C([O-])=C2C(=O)C(=O)N(CCC[NH+]3CCOCC3)C2c2ccc(O)c(OC)c2)cc1. The molecule has 2 heterocycles. The Kier molecular flexibility index (Phi) is 8.47. The van der Waals surface area contributed by atoms with Crippen molar-refractivity contribution in [3.05, 3.63) is 71.8 Å². The van der Waals surface area contributed by atoms with Crippen LogP contribution in [0.3, 0.4) is 0 Å². The van der Waals surface area contributed by atoms with Crippen LogP contribution in [0.5, 0.6) is 17.2 Å². The Morgan fingerprint density at radius 1 is 1.22 bits per heavy atom. The van der Waals surface area contributed by atoms with Gasteiger partial charge >= 0.3 is 0 Å². The number of rotatable bonds is 10. The number of ketones is 1. The molecule has 4 rings (SSSR count). The molecule has 2 fully saturated rings. The van der Waals surface area contributed by atoms with Gasteiger partial charge in [0.1, 0.15) is 25.4 Å². The molecular formula is C28H32N2O7. The molecule has 1 atom stereocenters. The molecule has 2 saturated heterocycles. The van der Waals surface area contributed by atoms with E-state index in [4.69, 9.17) is 14.2 Å². The summed E-state index contributed by atoms with van der Waals surface area (Å²) < 4.78 is 16.1. The number of likely N-dealkylation sites (tertiary alicyclic amines) is 1. The van der Waals surface area contributed by atoms with E-state index >= 15 is 0 Å². The van der Waals surface area contributed by atoms with E-state index in [2.05, 4.69) is 6.58 Å². The number of amides is 1. The third kappa shape index (κ3) is 5.79. The van der Waals surface area contributed by atoms with E-state index in [9.17, 15) is 19.8 Å². The summed E-state index contributed by atoms with van der Waals surface area (Å²) in [5.41, 5.74) is 0.676. The minimum absolute atomic E-state index is 0.0765. The van der Waals surface area contributed by atoms with E-state index < -0.39 is 23.5 Å². The Hall–Kier alpha value is -3.82. The number of hydrogen-bond donors (Lipinski definition) is 2. The lowest BCUT2D eigenvalue weighted by molar-refractivity contribution is -0.908. The van der Waals surface area contributed by atoms with Crippen molar-refractivity contribution in [2.45, 2.75) is 12.5 Å². The number of Topliss-reactive ketones (excluding diaryl/α,β-unsaturated/α-hetero) is 1. The molecule has 2 aliphatic heterocycles. The number of carbonyl (C=O) groups is 2. The van der Waals surface area contributed by atoms with Gasteiger partial charge in [0.15, 0.2) is 11.5 Å². The Bertz CT molecular complexity index is 1170. The molecule has 0 aliphatic carbocycles. The van der Waals surface area contributed by atoms with Crippen molar-refractivity contribution >= 4 is 17.4 Å². The van der Waals surface area contributed by atoms with Crippen molar-refractivity contribution < 1.29 is 38.9 Å². The summed E-state index contributed by atoms with van der Waals surface area (Å²) in [5.74, 6) is -1.37. The summed E-state index contributed by atoms with van der Waals surface area (Å²) in [5, 5.41) is 23.7. The van der Waals surface area contributed by atoms with Crippen molar-refractivity contribution in [2.75, 3.05) is 53.1 Å². The molecule has 2 N–H and O–H groups in total. The topological polar surface area (TPSA) is 113 Å². The van der Waals surface area contributed by atoms with E-state index in [1.807, 2.05) is 0 Å². The summed E-state index contributed by atoms with van der Waals surface area (Å²) >= 11 is 0. The molecule has 0 saturated carbocycles. The number of phenolic OH excluding ortho intramolecular Hbond substituents is 1. The second-order valence-corrected chi connectivity index (χ2v) is 8.99. The number of aromatic hydroxyl groups is 1. The predicted octanol–water partition coefficient (Wildman–Crippen LogP) is 0.495. The van der Waals surface area contributed by atoms with Crippen LogP contribution in [-0.4, -0.2) is 74.8 Å². The van der Waals surface area contributed by atoms with Gasteiger partial charge in [0.05, 0.1) is 32.9 Å². The normalized spacial score (nSPS) is 19.7. The van der Waals surface area contributed by atoms with Crippen molar-refractivity contribution in [1.29, 1.82) is 0 Å². The van der Waals surface area contributed by atoms with Gasteiger partial charge in [-0.2, -0.15) is 0 Å². The summed E-state index contributed by atoms with van der Waals surface area (Å²) in [4.78, 5) is 29.2. The van der Waals surface area contributed by atoms with Crippen LogP contribution in [0.4, 0.5) is 0 Å². The van der Waals surface area contributed by atoms with Gasteiger partial charge in [-0.1, -0.05) is 36.6 Å². The average molecular weight is 509 g/mol. The Balaban J connectivity index is 1.68. The molecule has 9 nitrogen and oxygen atoms in total. The minimum atomic E-state index is -0.890. The number of morpholine rings is 1. The van der Waals surface area contributed by atoms with Crippen molar-refractivity contribution in [1.82, 2.24) is 4.90 Å². The van der Waals surface area contributed by atoms with E-state index in [1.54, 1.807) is 42.5 Å². The molecule has 37 heavy (non-hydrogen) atoms. The van der Waals surface area contributed by atoms with Gasteiger partial charge in [-0.05, 0) is 35.4 Å². The lowest BCUT2D eigenvalue weighted by Crippen LogP contribution is -3.14. The quantitative estimate of drug-likeness (QED) is 0.208. The maximum absolute atomic E-state index is 13.6. The maximum Gasteiger partial charge on any atom is 0.295 e. The van der Waals surface area contributed by atoms with Gasteiger partial charge in [-0.15, -0.1) is 0 Å². The molecule has 9 heteroatoms. The number of benzene rings is 2. The summed E-state index contributed by atoms with van der Waals surface area (Å²) in [6, 6.07) is 10.1. The Morgan fingerprint density at radius 2 is 1.95 bits per heavy atom. The van der Waals surface area contributed by atoms with Gasteiger partial charge in [0, 0.05) is 18.5 Å². The van der Waals surface area contributed by atoms with E-state index in [0.29, 0.717) is 44.1 Å². The molecule has 2 aromatic carbocycles. The monoisotopic (exact) mass is 508 g/mol. The zero-order valence-electron chi connectivity index (χ0n) is 20.9. The van der Waals surface area contributed by atoms with Gasteiger partial charge in [-0.3, -0.25) is 9.59 Å². The molecular weight excluding hydrogens is 476 g/mol. The highest BCUT2D eigenvalue weighted by Crippen LogP contribution is 2.41. The van der Waals surface area contributed by atoms with Crippen LogP contribution in [0, 0.1) is 0 Å². The lowest BCUT2D eigenvalue weighted by Gasteiger charge is -2.29. The van der Waals surface area contributed by atoms with Crippen LogP contribution in [0.1, 0.15) is 23.6 Å². The van der Waals surface area contributed by atoms with Crippen molar-refractivity contribution in [2.24, 2.45) is 0 Å². The van der Waals surface area contributed by atoms with Gasteiger partial charge in [0.25, 0.3) is 5.91 Å². The van der Waals surface area contributed by atoms with Crippen LogP contribution in [-0.2, 0) is 14.3 Å². The van der Waals surface area contributed by atoms with Crippen LogP contribution < -0.4 is 19.5 Å². The first-order valence-corrected chi connectivity index (χ1v) is 12.3.